The van der Waals surface area contributed by atoms with E-state index in [0.717, 1.165) is 39.9 Å². The van der Waals surface area contributed by atoms with E-state index in [0.29, 0.717) is 31.0 Å². The zero-order valence-electron chi connectivity index (χ0n) is 19.4. The number of aromatic nitrogens is 1. The fourth-order valence-corrected chi connectivity index (χ4v) is 3.96. The maximum absolute atomic E-state index is 11.8. The lowest BCUT2D eigenvalue weighted by Crippen LogP contribution is -2.13. The molecular weight excluding hydrogens is 426 g/mol. The molecule has 0 unspecified atom stereocenters. The van der Waals surface area contributed by atoms with Crippen molar-refractivity contribution in [3.63, 3.8) is 0 Å². The number of aryl methyl sites for hydroxylation is 1. The number of nitrogens with one attached hydrogen (secondary N) is 1. The first-order chi connectivity index (χ1) is 16.6. The van der Waals surface area contributed by atoms with Gasteiger partial charge in [-0.3, -0.25) is 5.32 Å². The van der Waals surface area contributed by atoms with Crippen LogP contribution in [-0.4, -0.2) is 17.3 Å². The third kappa shape index (κ3) is 4.89. The minimum atomic E-state index is -0.474. The maximum Gasteiger partial charge on any atom is 0.411 e. The number of rotatable bonds is 8. The summed E-state index contributed by atoms with van der Waals surface area (Å²) in [4.78, 5) is 11.8. The molecule has 0 fully saturated rings. The van der Waals surface area contributed by atoms with Crippen LogP contribution in [0.1, 0.15) is 31.4 Å². The van der Waals surface area contributed by atoms with Gasteiger partial charge in [-0.15, -0.1) is 0 Å². The zero-order chi connectivity index (χ0) is 23.9. The highest BCUT2D eigenvalue weighted by atomic mass is 16.5. The molecule has 1 heterocycles. The van der Waals surface area contributed by atoms with Crippen molar-refractivity contribution in [2.75, 3.05) is 11.9 Å². The van der Waals surface area contributed by atoms with Crippen LogP contribution in [0.4, 0.5) is 10.5 Å². The Morgan fingerprint density at radius 1 is 1.03 bits per heavy atom. The summed E-state index contributed by atoms with van der Waals surface area (Å²) >= 11 is 0. The van der Waals surface area contributed by atoms with Crippen molar-refractivity contribution >= 4 is 22.7 Å². The number of nitrogens with zero attached hydrogens (tertiary/aromatic N) is 2. The average molecular weight is 454 g/mol. The third-order valence-electron chi connectivity index (χ3n) is 5.55. The van der Waals surface area contributed by atoms with Crippen LogP contribution in [0.5, 0.6) is 5.75 Å². The average Bonchev–Trinajstić information content (AvgIpc) is 3.20. The molecule has 0 bridgehead atoms. The molecule has 0 saturated heterocycles. The molecule has 0 radical (unpaired) electrons. The Hall–Kier alpha value is -4.24. The molecular formula is C28H27N3O3. The van der Waals surface area contributed by atoms with Gasteiger partial charge in [0.2, 0.25) is 0 Å². The Morgan fingerprint density at radius 2 is 1.79 bits per heavy atom. The van der Waals surface area contributed by atoms with Crippen LogP contribution in [0.2, 0.25) is 0 Å². The molecule has 34 heavy (non-hydrogen) atoms. The Kier molecular flexibility index (Phi) is 7.14. The van der Waals surface area contributed by atoms with Crippen LogP contribution in [0.25, 0.3) is 22.2 Å². The lowest BCUT2D eigenvalue weighted by molar-refractivity contribution is 0.161. The zero-order valence-corrected chi connectivity index (χ0v) is 19.4. The van der Waals surface area contributed by atoms with Crippen molar-refractivity contribution in [3.05, 3.63) is 83.9 Å². The smallest absolute Gasteiger partial charge is 0.411 e. The number of anilines is 1. The second-order valence-electron chi connectivity index (χ2n) is 7.87. The minimum absolute atomic E-state index is 0.378. The fraction of sp³-hybridized carbons (Fsp3) is 0.214. The summed E-state index contributed by atoms with van der Waals surface area (Å²) < 4.78 is 13.2. The first kappa shape index (κ1) is 22.9. The van der Waals surface area contributed by atoms with E-state index < -0.39 is 6.09 Å². The molecule has 1 aromatic heterocycles. The molecule has 0 spiro atoms. The Balaban J connectivity index is 1.64. The van der Waals surface area contributed by atoms with Gasteiger partial charge >= 0.3 is 6.09 Å². The molecule has 0 atom stereocenters. The van der Waals surface area contributed by atoms with E-state index in [9.17, 15) is 10.1 Å². The van der Waals surface area contributed by atoms with E-state index in [1.54, 1.807) is 0 Å². The second-order valence-corrected chi connectivity index (χ2v) is 7.87. The predicted octanol–water partition coefficient (Wildman–Crippen LogP) is 6.74. The van der Waals surface area contributed by atoms with Crippen LogP contribution in [-0.2, 0) is 17.9 Å². The first-order valence-corrected chi connectivity index (χ1v) is 11.4. The van der Waals surface area contributed by atoms with Crippen molar-refractivity contribution < 1.29 is 14.3 Å². The van der Waals surface area contributed by atoms with Gasteiger partial charge in [0.25, 0.3) is 0 Å². The number of nitriles is 1. The SMILES string of the molecule is CCCOC(=O)Nc1ccc(-c2c(C#N)c3ccc(OCc4ccccc4)cc3n2CC)cc1. The molecule has 4 aromatic rings. The van der Waals surface area contributed by atoms with E-state index in [4.69, 9.17) is 9.47 Å². The van der Waals surface area contributed by atoms with Crippen molar-refractivity contribution in [2.45, 2.75) is 33.4 Å². The predicted molar refractivity (Wildman–Crippen MR) is 134 cm³/mol. The van der Waals surface area contributed by atoms with Gasteiger partial charge in [-0.05, 0) is 48.7 Å². The van der Waals surface area contributed by atoms with Crippen LogP contribution in [0.3, 0.4) is 0 Å². The highest BCUT2D eigenvalue weighted by Crippen LogP contribution is 2.36. The normalized spacial score (nSPS) is 10.6. The van der Waals surface area contributed by atoms with Crippen molar-refractivity contribution in [1.82, 2.24) is 4.57 Å². The molecule has 6 nitrogen and oxygen atoms in total. The number of fused-ring (bicyclic) bond motifs is 1. The van der Waals surface area contributed by atoms with E-state index in [2.05, 4.69) is 22.9 Å². The van der Waals surface area contributed by atoms with Gasteiger partial charge in [0.1, 0.15) is 18.4 Å². The quantitative estimate of drug-likeness (QED) is 0.321. The monoisotopic (exact) mass is 453 g/mol. The Bertz CT molecular complexity index is 1320. The van der Waals surface area contributed by atoms with Crippen LogP contribution < -0.4 is 10.1 Å². The van der Waals surface area contributed by atoms with Gasteiger partial charge in [0.15, 0.2) is 0 Å². The van der Waals surface area contributed by atoms with E-state index >= 15 is 0 Å². The standard InChI is InChI=1S/C28H27N3O3/c1-3-16-33-28(32)30-22-12-10-21(11-13-22)27-25(18-29)24-15-14-23(17-26(24)31(27)4-2)34-19-20-8-6-5-7-9-20/h5-15,17H,3-4,16,19H2,1-2H3,(H,30,32). The number of hydrogen-bond acceptors (Lipinski definition) is 4. The second kappa shape index (κ2) is 10.6. The number of carbonyl (C=O) groups excluding carboxylic acids is 1. The van der Waals surface area contributed by atoms with E-state index in [1.807, 2.05) is 79.7 Å². The summed E-state index contributed by atoms with van der Waals surface area (Å²) in [6.45, 7) is 5.55. The molecule has 3 aromatic carbocycles. The third-order valence-corrected chi connectivity index (χ3v) is 5.55. The van der Waals surface area contributed by atoms with E-state index in [-0.39, 0.29) is 0 Å². The molecule has 4 rings (SSSR count). The van der Waals surface area contributed by atoms with Crippen molar-refractivity contribution in [2.24, 2.45) is 0 Å². The highest BCUT2D eigenvalue weighted by molar-refractivity contribution is 5.95. The first-order valence-electron chi connectivity index (χ1n) is 11.4. The van der Waals surface area contributed by atoms with Gasteiger partial charge in [-0.1, -0.05) is 49.4 Å². The summed E-state index contributed by atoms with van der Waals surface area (Å²) in [5.41, 5.74) is 5.05. The van der Waals surface area contributed by atoms with Gasteiger partial charge < -0.3 is 14.0 Å². The highest BCUT2D eigenvalue weighted by Gasteiger charge is 2.19. The maximum atomic E-state index is 11.8. The Labute approximate surface area is 199 Å². The Morgan fingerprint density at radius 3 is 2.47 bits per heavy atom. The fourth-order valence-electron chi connectivity index (χ4n) is 3.96. The molecule has 0 aliphatic carbocycles. The van der Waals surface area contributed by atoms with E-state index in [1.165, 1.54) is 0 Å². The lowest BCUT2D eigenvalue weighted by Gasteiger charge is -2.11. The van der Waals surface area contributed by atoms with Gasteiger partial charge in [-0.25, -0.2) is 4.79 Å². The summed E-state index contributed by atoms with van der Waals surface area (Å²) in [6, 6.07) is 25.7. The minimum Gasteiger partial charge on any atom is -0.489 e. The van der Waals surface area contributed by atoms with Crippen LogP contribution >= 0.6 is 0 Å². The molecule has 0 aliphatic heterocycles. The van der Waals surface area contributed by atoms with Crippen molar-refractivity contribution in [3.8, 4) is 23.1 Å². The topological polar surface area (TPSA) is 76.3 Å². The number of ether oxygens (including phenoxy) is 2. The van der Waals surface area contributed by atoms with Crippen molar-refractivity contribution in [1.29, 1.82) is 5.26 Å². The molecule has 1 N–H and O–H groups in total. The lowest BCUT2D eigenvalue weighted by atomic mass is 10.1. The van der Waals surface area contributed by atoms with Gasteiger partial charge in [0.05, 0.1) is 23.4 Å². The molecule has 172 valence electrons. The summed E-state index contributed by atoms with van der Waals surface area (Å²) in [5, 5.41) is 13.6. The van der Waals surface area contributed by atoms with Crippen LogP contribution in [0, 0.1) is 11.3 Å². The van der Waals surface area contributed by atoms with Gasteiger partial charge in [0, 0.05) is 23.7 Å². The molecule has 0 saturated carbocycles. The van der Waals surface area contributed by atoms with Crippen LogP contribution in [0.15, 0.2) is 72.8 Å². The summed E-state index contributed by atoms with van der Waals surface area (Å²) in [6.07, 6.45) is 0.294. The summed E-state index contributed by atoms with van der Waals surface area (Å²) in [7, 11) is 0. The number of carbonyl (C=O) groups is 1. The number of amides is 1. The number of hydrogen-bond donors (Lipinski definition) is 1. The van der Waals surface area contributed by atoms with Gasteiger partial charge in [-0.2, -0.15) is 5.26 Å². The molecule has 1 amide bonds. The number of benzene rings is 3. The molecule has 6 heteroatoms. The molecule has 0 aliphatic rings. The largest absolute Gasteiger partial charge is 0.489 e. The summed E-state index contributed by atoms with van der Waals surface area (Å²) in [5.74, 6) is 0.754.